The standard InChI is InChI=1S/C6H11F2N/c1-3-9-4-6(7,8)5(9)2/h5H,3-4H2,1-2H3. The highest BCUT2D eigenvalue weighted by Crippen LogP contribution is 2.33. The summed E-state index contributed by atoms with van der Waals surface area (Å²) in [6.45, 7) is 4.14. The second-order valence-electron chi connectivity index (χ2n) is 2.50. The summed E-state index contributed by atoms with van der Waals surface area (Å²) in [4.78, 5) is 1.75. The topological polar surface area (TPSA) is 3.24 Å². The van der Waals surface area contributed by atoms with Crippen LogP contribution in [0.5, 0.6) is 0 Å². The maximum Gasteiger partial charge on any atom is 0.275 e. The van der Waals surface area contributed by atoms with Crippen LogP contribution >= 0.6 is 0 Å². The summed E-state index contributed by atoms with van der Waals surface area (Å²) in [5.74, 6) is -2.42. The summed E-state index contributed by atoms with van der Waals surface area (Å²) in [5, 5.41) is 0. The van der Waals surface area contributed by atoms with Gasteiger partial charge < -0.3 is 0 Å². The first-order valence-electron chi connectivity index (χ1n) is 3.20. The van der Waals surface area contributed by atoms with Crippen molar-refractivity contribution in [3.05, 3.63) is 0 Å². The van der Waals surface area contributed by atoms with Crippen molar-refractivity contribution in [3.8, 4) is 0 Å². The molecule has 0 aromatic heterocycles. The van der Waals surface area contributed by atoms with Gasteiger partial charge in [0.05, 0.1) is 12.6 Å². The van der Waals surface area contributed by atoms with Crippen molar-refractivity contribution in [3.63, 3.8) is 0 Å². The van der Waals surface area contributed by atoms with Gasteiger partial charge in [-0.1, -0.05) is 6.92 Å². The average Bonchev–Trinajstić information content (AvgIpc) is 1.82. The number of halogens is 2. The Morgan fingerprint density at radius 3 is 2.33 bits per heavy atom. The molecule has 54 valence electrons. The maximum absolute atomic E-state index is 12.3. The molecular formula is C6H11F2N. The average molecular weight is 135 g/mol. The van der Waals surface area contributed by atoms with Crippen LogP contribution in [-0.2, 0) is 0 Å². The lowest BCUT2D eigenvalue weighted by atomic mass is 10.0. The Labute approximate surface area is 53.6 Å². The Morgan fingerprint density at radius 2 is 2.22 bits per heavy atom. The first-order chi connectivity index (χ1) is 4.08. The summed E-state index contributed by atoms with van der Waals surface area (Å²) in [7, 11) is 0. The predicted molar refractivity (Wildman–Crippen MR) is 31.7 cm³/mol. The number of alkyl halides is 2. The molecule has 1 rings (SSSR count). The second kappa shape index (κ2) is 1.90. The monoisotopic (exact) mass is 135 g/mol. The lowest BCUT2D eigenvalue weighted by Gasteiger charge is -2.45. The number of rotatable bonds is 1. The van der Waals surface area contributed by atoms with Gasteiger partial charge in [-0.3, -0.25) is 4.90 Å². The molecule has 1 heterocycles. The summed E-state index contributed by atoms with van der Waals surface area (Å²) in [6.07, 6.45) is 0. The van der Waals surface area contributed by atoms with Gasteiger partial charge in [0.15, 0.2) is 0 Å². The van der Waals surface area contributed by atoms with E-state index in [-0.39, 0.29) is 6.54 Å². The smallest absolute Gasteiger partial charge is 0.275 e. The molecule has 1 nitrogen and oxygen atoms in total. The Bertz CT molecular complexity index is 114. The Kier molecular flexibility index (Phi) is 1.47. The Morgan fingerprint density at radius 1 is 1.67 bits per heavy atom. The fourth-order valence-electron chi connectivity index (χ4n) is 1.08. The van der Waals surface area contributed by atoms with Crippen LogP contribution in [0.3, 0.4) is 0 Å². The fraction of sp³-hybridized carbons (Fsp3) is 1.00. The number of nitrogens with zero attached hydrogens (tertiary/aromatic N) is 1. The molecule has 0 saturated carbocycles. The van der Waals surface area contributed by atoms with E-state index in [9.17, 15) is 8.78 Å². The highest BCUT2D eigenvalue weighted by Gasteiger charge is 2.50. The van der Waals surface area contributed by atoms with Crippen LogP contribution in [0.25, 0.3) is 0 Å². The molecule has 0 radical (unpaired) electrons. The molecule has 3 heteroatoms. The van der Waals surface area contributed by atoms with Gasteiger partial charge >= 0.3 is 0 Å². The van der Waals surface area contributed by atoms with Crippen molar-refractivity contribution in [1.82, 2.24) is 4.90 Å². The SMILES string of the molecule is CCN1CC(F)(F)C1C. The van der Waals surface area contributed by atoms with E-state index < -0.39 is 12.0 Å². The van der Waals surface area contributed by atoms with Crippen LogP contribution in [0.1, 0.15) is 13.8 Å². The molecular weight excluding hydrogens is 124 g/mol. The predicted octanol–water partition coefficient (Wildman–Crippen LogP) is 1.35. The molecule has 0 aromatic rings. The molecule has 9 heavy (non-hydrogen) atoms. The number of likely N-dealkylation sites (tertiary alicyclic amines) is 1. The minimum Gasteiger partial charge on any atom is -0.289 e. The van der Waals surface area contributed by atoms with E-state index in [1.165, 1.54) is 0 Å². The van der Waals surface area contributed by atoms with E-state index >= 15 is 0 Å². The van der Waals surface area contributed by atoms with Crippen molar-refractivity contribution in [2.45, 2.75) is 25.8 Å². The van der Waals surface area contributed by atoms with Crippen LogP contribution in [0.4, 0.5) is 8.78 Å². The highest BCUT2D eigenvalue weighted by atomic mass is 19.3. The molecule has 0 spiro atoms. The molecule has 1 saturated heterocycles. The third kappa shape index (κ3) is 0.936. The van der Waals surface area contributed by atoms with Gasteiger partial charge in [-0.05, 0) is 13.5 Å². The van der Waals surface area contributed by atoms with E-state index in [2.05, 4.69) is 0 Å². The van der Waals surface area contributed by atoms with E-state index in [0.717, 1.165) is 6.54 Å². The molecule has 1 fully saturated rings. The van der Waals surface area contributed by atoms with Crippen LogP contribution < -0.4 is 0 Å². The Hall–Kier alpha value is -0.180. The zero-order valence-electron chi connectivity index (χ0n) is 5.69. The van der Waals surface area contributed by atoms with Crippen LogP contribution in [0, 0.1) is 0 Å². The van der Waals surface area contributed by atoms with Gasteiger partial charge in [0.25, 0.3) is 5.92 Å². The first kappa shape index (κ1) is 6.93. The summed E-state index contributed by atoms with van der Waals surface area (Å²) in [6, 6.07) is -0.539. The molecule has 0 amide bonds. The van der Waals surface area contributed by atoms with Crippen LogP contribution in [0.2, 0.25) is 0 Å². The lowest BCUT2D eigenvalue weighted by Crippen LogP contribution is -2.63. The van der Waals surface area contributed by atoms with Crippen LogP contribution in [-0.4, -0.2) is 30.0 Å². The normalized spacial score (nSPS) is 34.0. The van der Waals surface area contributed by atoms with Crippen molar-refractivity contribution in [2.75, 3.05) is 13.1 Å². The van der Waals surface area contributed by atoms with E-state index in [0.29, 0.717) is 0 Å². The van der Waals surface area contributed by atoms with E-state index in [1.54, 1.807) is 11.8 Å². The molecule has 0 N–H and O–H groups in total. The van der Waals surface area contributed by atoms with Crippen molar-refractivity contribution in [1.29, 1.82) is 0 Å². The van der Waals surface area contributed by atoms with Crippen LogP contribution in [0.15, 0.2) is 0 Å². The summed E-state index contributed by atoms with van der Waals surface area (Å²) < 4.78 is 24.7. The molecule has 0 bridgehead atoms. The zero-order chi connectivity index (χ0) is 7.07. The third-order valence-electron chi connectivity index (χ3n) is 1.98. The minimum atomic E-state index is -2.42. The number of hydrogen-bond acceptors (Lipinski definition) is 1. The molecule has 1 atom stereocenters. The largest absolute Gasteiger partial charge is 0.289 e. The molecule has 0 aromatic carbocycles. The van der Waals surface area contributed by atoms with Gasteiger partial charge in [0.2, 0.25) is 0 Å². The van der Waals surface area contributed by atoms with Crippen molar-refractivity contribution >= 4 is 0 Å². The first-order valence-corrected chi connectivity index (χ1v) is 3.20. The van der Waals surface area contributed by atoms with E-state index in [4.69, 9.17) is 0 Å². The second-order valence-corrected chi connectivity index (χ2v) is 2.50. The van der Waals surface area contributed by atoms with E-state index in [1.807, 2.05) is 6.92 Å². The minimum absolute atomic E-state index is 0.0509. The van der Waals surface area contributed by atoms with Gasteiger partial charge in [-0.15, -0.1) is 0 Å². The van der Waals surface area contributed by atoms with Crippen molar-refractivity contribution < 1.29 is 8.78 Å². The zero-order valence-corrected chi connectivity index (χ0v) is 5.69. The summed E-state index contributed by atoms with van der Waals surface area (Å²) in [5.41, 5.74) is 0. The third-order valence-corrected chi connectivity index (χ3v) is 1.98. The van der Waals surface area contributed by atoms with Crippen molar-refractivity contribution in [2.24, 2.45) is 0 Å². The Balaban J connectivity index is 2.41. The molecule has 0 aliphatic carbocycles. The molecule has 1 unspecified atom stereocenters. The van der Waals surface area contributed by atoms with Gasteiger partial charge in [0.1, 0.15) is 0 Å². The molecule has 1 aliphatic heterocycles. The van der Waals surface area contributed by atoms with Gasteiger partial charge in [-0.2, -0.15) is 0 Å². The quantitative estimate of drug-likeness (QED) is 0.524. The number of hydrogen-bond donors (Lipinski definition) is 0. The fourth-order valence-corrected chi connectivity index (χ4v) is 1.08. The summed E-state index contributed by atoms with van der Waals surface area (Å²) >= 11 is 0. The maximum atomic E-state index is 12.3. The van der Waals surface area contributed by atoms with Gasteiger partial charge in [0, 0.05) is 0 Å². The lowest BCUT2D eigenvalue weighted by molar-refractivity contribution is -0.174. The van der Waals surface area contributed by atoms with Gasteiger partial charge in [-0.25, -0.2) is 8.78 Å². The highest BCUT2D eigenvalue weighted by molar-refractivity contribution is 4.94. The molecule has 1 aliphatic rings.